The van der Waals surface area contributed by atoms with E-state index < -0.39 is 10.0 Å². The average Bonchev–Trinajstić information content (AvgIpc) is 2.75. The Morgan fingerprint density at radius 2 is 1.88 bits per heavy atom. The van der Waals surface area contributed by atoms with Crippen LogP contribution in [0.15, 0.2) is 16.3 Å². The molecule has 0 fully saturated rings. The van der Waals surface area contributed by atoms with Crippen molar-refractivity contribution in [3.05, 3.63) is 27.6 Å². The quantitative estimate of drug-likeness (QED) is 0.944. The maximum atomic E-state index is 12.0. The van der Waals surface area contributed by atoms with Gasteiger partial charge in [0.1, 0.15) is 4.21 Å². The van der Waals surface area contributed by atoms with E-state index in [4.69, 9.17) is 0 Å². The Labute approximate surface area is 108 Å². The molecule has 2 rings (SSSR count). The highest BCUT2D eigenvalue weighted by Gasteiger charge is 2.18. The van der Waals surface area contributed by atoms with Crippen LogP contribution in [0.3, 0.4) is 0 Å². The van der Waals surface area contributed by atoms with Gasteiger partial charge in [-0.1, -0.05) is 0 Å². The number of hydrogen-bond donors (Lipinski definition) is 1. The molecular formula is C10H12N2O2S3. The smallest absolute Gasteiger partial charge is 0.254 e. The molecule has 0 unspecified atom stereocenters. The maximum absolute atomic E-state index is 12.0. The summed E-state index contributed by atoms with van der Waals surface area (Å²) in [5.74, 6) is 0. The van der Waals surface area contributed by atoms with Crippen LogP contribution < -0.4 is 4.72 Å². The standard InChI is InChI=1S/C10H12N2O2S3/c1-6-4-5-9(15-6)17(13,14)12-10-11-7(2)8(3)16-10/h4-5H,1-3H3,(H,11,12). The predicted molar refractivity (Wildman–Crippen MR) is 71.5 cm³/mol. The fourth-order valence-corrected chi connectivity index (χ4v) is 4.57. The van der Waals surface area contributed by atoms with Gasteiger partial charge in [0.05, 0.1) is 5.69 Å². The summed E-state index contributed by atoms with van der Waals surface area (Å²) in [5, 5.41) is 0.422. The van der Waals surface area contributed by atoms with E-state index in [2.05, 4.69) is 9.71 Å². The van der Waals surface area contributed by atoms with Gasteiger partial charge in [0.2, 0.25) is 0 Å². The number of sulfonamides is 1. The van der Waals surface area contributed by atoms with Crippen LogP contribution in [-0.2, 0) is 10.0 Å². The van der Waals surface area contributed by atoms with Crippen molar-refractivity contribution < 1.29 is 8.42 Å². The van der Waals surface area contributed by atoms with Crippen molar-refractivity contribution in [1.29, 1.82) is 0 Å². The Morgan fingerprint density at radius 3 is 2.35 bits per heavy atom. The van der Waals surface area contributed by atoms with Gasteiger partial charge in [-0.25, -0.2) is 13.4 Å². The number of hydrogen-bond acceptors (Lipinski definition) is 5. The first-order chi connectivity index (χ1) is 7.88. The maximum Gasteiger partial charge on any atom is 0.273 e. The Bertz CT molecular complexity index is 621. The summed E-state index contributed by atoms with van der Waals surface area (Å²) in [6.07, 6.45) is 0. The molecule has 0 aliphatic rings. The molecule has 0 aliphatic carbocycles. The van der Waals surface area contributed by atoms with Crippen LogP contribution in [0.4, 0.5) is 5.13 Å². The van der Waals surface area contributed by atoms with Crippen molar-refractivity contribution in [2.24, 2.45) is 0 Å². The summed E-state index contributed by atoms with van der Waals surface area (Å²) >= 11 is 2.60. The summed E-state index contributed by atoms with van der Waals surface area (Å²) in [5.41, 5.74) is 0.857. The van der Waals surface area contributed by atoms with E-state index >= 15 is 0 Å². The zero-order valence-electron chi connectivity index (χ0n) is 9.64. The van der Waals surface area contributed by atoms with Crippen molar-refractivity contribution >= 4 is 37.8 Å². The molecule has 1 N–H and O–H groups in total. The van der Waals surface area contributed by atoms with Gasteiger partial charge in [0.15, 0.2) is 5.13 Å². The van der Waals surface area contributed by atoms with Gasteiger partial charge in [-0.05, 0) is 32.9 Å². The van der Waals surface area contributed by atoms with Crippen LogP contribution in [0.25, 0.3) is 0 Å². The third-order valence-corrected chi connectivity index (χ3v) is 6.18. The summed E-state index contributed by atoms with van der Waals surface area (Å²) in [7, 11) is -3.48. The van der Waals surface area contributed by atoms with E-state index in [0.29, 0.717) is 9.34 Å². The van der Waals surface area contributed by atoms with Crippen LogP contribution in [0.5, 0.6) is 0 Å². The van der Waals surface area contributed by atoms with E-state index in [-0.39, 0.29) is 0 Å². The SMILES string of the molecule is Cc1ccc(S(=O)(=O)Nc2nc(C)c(C)s2)s1. The van der Waals surface area contributed by atoms with Crippen molar-refractivity contribution in [2.45, 2.75) is 25.0 Å². The third-order valence-electron chi connectivity index (χ3n) is 2.23. The number of anilines is 1. The van der Waals surface area contributed by atoms with Gasteiger partial charge < -0.3 is 0 Å². The Hall–Kier alpha value is -0.920. The van der Waals surface area contributed by atoms with Gasteiger partial charge in [-0.3, -0.25) is 4.72 Å². The number of thiazole rings is 1. The summed E-state index contributed by atoms with van der Waals surface area (Å²) in [4.78, 5) is 6.15. The molecule has 2 aromatic rings. The average molecular weight is 288 g/mol. The van der Waals surface area contributed by atoms with E-state index in [1.54, 1.807) is 12.1 Å². The van der Waals surface area contributed by atoms with E-state index in [9.17, 15) is 8.42 Å². The summed E-state index contributed by atoms with van der Waals surface area (Å²) in [6, 6.07) is 3.40. The lowest BCUT2D eigenvalue weighted by Gasteiger charge is -2.01. The fraction of sp³-hybridized carbons (Fsp3) is 0.300. The van der Waals surface area contributed by atoms with Gasteiger partial charge in [-0.2, -0.15) is 0 Å². The second-order valence-electron chi connectivity index (χ2n) is 3.63. The Balaban J connectivity index is 2.29. The lowest BCUT2D eigenvalue weighted by Crippen LogP contribution is -2.11. The van der Waals surface area contributed by atoms with Crippen LogP contribution in [0.2, 0.25) is 0 Å². The molecule has 0 atom stereocenters. The molecule has 0 aromatic carbocycles. The molecule has 0 aliphatic heterocycles. The third kappa shape index (κ3) is 2.67. The zero-order valence-corrected chi connectivity index (χ0v) is 12.1. The van der Waals surface area contributed by atoms with Gasteiger partial charge in [0, 0.05) is 9.75 Å². The highest BCUT2D eigenvalue weighted by Crippen LogP contribution is 2.26. The van der Waals surface area contributed by atoms with Crippen LogP contribution >= 0.6 is 22.7 Å². The zero-order chi connectivity index (χ0) is 12.6. The molecule has 2 aromatic heterocycles. The van der Waals surface area contributed by atoms with Crippen LogP contribution in [-0.4, -0.2) is 13.4 Å². The van der Waals surface area contributed by atoms with Gasteiger partial charge in [-0.15, -0.1) is 22.7 Å². The van der Waals surface area contributed by atoms with Gasteiger partial charge >= 0.3 is 0 Å². The number of aryl methyl sites for hydroxylation is 3. The molecule has 7 heteroatoms. The lowest BCUT2D eigenvalue weighted by molar-refractivity contribution is 0.603. The minimum atomic E-state index is -3.48. The topological polar surface area (TPSA) is 59.1 Å². The molecule has 17 heavy (non-hydrogen) atoms. The second kappa shape index (κ2) is 4.40. The summed E-state index contributed by atoms with van der Waals surface area (Å²) in [6.45, 7) is 5.65. The molecule has 0 saturated heterocycles. The number of aromatic nitrogens is 1. The predicted octanol–water partition coefficient (Wildman–Crippen LogP) is 2.93. The largest absolute Gasteiger partial charge is 0.273 e. The molecule has 92 valence electrons. The van der Waals surface area contributed by atoms with Crippen molar-refractivity contribution in [3.63, 3.8) is 0 Å². The van der Waals surface area contributed by atoms with Crippen LogP contribution in [0.1, 0.15) is 15.4 Å². The number of nitrogens with zero attached hydrogens (tertiary/aromatic N) is 1. The first kappa shape index (κ1) is 12.5. The first-order valence-electron chi connectivity index (χ1n) is 4.92. The molecule has 0 radical (unpaired) electrons. The van der Waals surface area contributed by atoms with Gasteiger partial charge in [0.25, 0.3) is 10.0 Å². The highest BCUT2D eigenvalue weighted by molar-refractivity contribution is 7.94. The second-order valence-corrected chi connectivity index (χ2v) is 8.03. The summed E-state index contributed by atoms with van der Waals surface area (Å²) < 4.78 is 26.8. The normalized spacial score (nSPS) is 11.7. The first-order valence-corrected chi connectivity index (χ1v) is 8.03. The highest BCUT2D eigenvalue weighted by atomic mass is 32.2. The molecule has 0 amide bonds. The lowest BCUT2D eigenvalue weighted by atomic mass is 10.4. The minimum Gasteiger partial charge on any atom is -0.254 e. The number of nitrogens with one attached hydrogen (secondary N) is 1. The molecule has 2 heterocycles. The molecule has 0 spiro atoms. The van der Waals surface area contributed by atoms with Crippen molar-refractivity contribution in [1.82, 2.24) is 4.98 Å². The number of rotatable bonds is 3. The Kier molecular flexibility index (Phi) is 3.24. The van der Waals surface area contributed by atoms with Crippen molar-refractivity contribution in [3.8, 4) is 0 Å². The Morgan fingerprint density at radius 1 is 1.18 bits per heavy atom. The molecule has 4 nitrogen and oxygen atoms in total. The van der Waals surface area contributed by atoms with E-state index in [1.807, 2.05) is 20.8 Å². The molecular weight excluding hydrogens is 276 g/mol. The van der Waals surface area contributed by atoms with Crippen molar-refractivity contribution in [2.75, 3.05) is 4.72 Å². The minimum absolute atomic E-state index is 0.320. The fourth-order valence-electron chi connectivity index (χ4n) is 1.24. The monoisotopic (exact) mass is 288 g/mol. The molecule has 0 bridgehead atoms. The van der Waals surface area contributed by atoms with E-state index in [0.717, 1.165) is 15.4 Å². The van der Waals surface area contributed by atoms with Crippen LogP contribution in [0, 0.1) is 20.8 Å². The molecule has 0 saturated carbocycles. The number of thiophene rings is 1. The van der Waals surface area contributed by atoms with E-state index in [1.165, 1.54) is 22.7 Å².